The zero-order chi connectivity index (χ0) is 35.6. The van der Waals surface area contributed by atoms with Gasteiger partial charge in [0, 0.05) is 25.9 Å². The van der Waals surface area contributed by atoms with Crippen LogP contribution >= 0.6 is 0 Å². The van der Waals surface area contributed by atoms with Crippen molar-refractivity contribution in [3.8, 4) is 0 Å². The van der Waals surface area contributed by atoms with Gasteiger partial charge in [-0.05, 0) is 25.8 Å². The maximum atomic E-state index is 6.59. The first kappa shape index (κ1) is 49.1. The zero-order valence-corrected chi connectivity index (χ0v) is 35.3. The second kappa shape index (κ2) is 42.5. The molecule has 0 saturated carbocycles. The lowest BCUT2D eigenvalue weighted by Gasteiger charge is -2.29. The Morgan fingerprint density at radius 2 is 0.469 bits per heavy atom. The van der Waals surface area contributed by atoms with Gasteiger partial charge in [-0.25, -0.2) is 0 Å². The minimum absolute atomic E-state index is 0.585. The van der Waals surface area contributed by atoms with E-state index in [0.717, 1.165) is 45.1 Å². The van der Waals surface area contributed by atoms with Gasteiger partial charge >= 0.3 is 8.80 Å². The van der Waals surface area contributed by atoms with Crippen LogP contribution in [0.3, 0.4) is 0 Å². The van der Waals surface area contributed by atoms with Crippen LogP contribution in [0.25, 0.3) is 0 Å². The third-order valence-corrected chi connectivity index (χ3v) is 13.2. The highest BCUT2D eigenvalue weighted by Gasteiger charge is 2.40. The summed E-state index contributed by atoms with van der Waals surface area (Å²) in [4.78, 5) is 0. The van der Waals surface area contributed by atoms with Crippen molar-refractivity contribution in [1.29, 1.82) is 0 Å². The Labute approximate surface area is 311 Å². The Kier molecular flexibility index (Phi) is 42.5. The highest BCUT2D eigenvalue weighted by molar-refractivity contribution is 6.60. The normalized spacial score (nSPS) is 13.0. The zero-order valence-electron chi connectivity index (χ0n) is 34.3. The molecule has 0 aromatic carbocycles. The predicted molar refractivity (Wildman–Crippen MR) is 221 cm³/mol. The molecule has 296 valence electrons. The van der Waals surface area contributed by atoms with Crippen LogP contribution < -0.4 is 5.73 Å². The molecule has 0 rings (SSSR count). The molecule has 0 aromatic heterocycles. The van der Waals surface area contributed by atoms with E-state index in [1.165, 1.54) is 212 Å². The van der Waals surface area contributed by atoms with Crippen molar-refractivity contribution in [2.75, 3.05) is 26.4 Å². The summed E-state index contributed by atoms with van der Waals surface area (Å²) < 4.78 is 19.8. The molecule has 49 heavy (non-hydrogen) atoms. The molecule has 0 bridgehead atoms. The minimum atomic E-state index is -2.72. The molecule has 1 atom stereocenters. The van der Waals surface area contributed by atoms with Crippen molar-refractivity contribution in [3.05, 3.63) is 0 Å². The molecule has 0 aliphatic carbocycles. The number of nitrogens with two attached hydrogens (primary N) is 1. The SMILES string of the molecule is CCCCCCCCCCCCCCCCO[Si](CCN)(OCCCCCCCCCCCC)OCCCCCCCCCCCCCC. The second-order valence-corrected chi connectivity index (χ2v) is 18.2. The third-order valence-electron chi connectivity index (χ3n) is 10.4. The average molecular weight is 712 g/mol. The van der Waals surface area contributed by atoms with Crippen LogP contribution in [-0.4, -0.2) is 35.2 Å². The summed E-state index contributed by atoms with van der Waals surface area (Å²) in [5, 5.41) is 0. The number of hydrogen-bond donors (Lipinski definition) is 1. The van der Waals surface area contributed by atoms with Crippen LogP contribution in [0, 0.1) is 0 Å². The molecule has 1 unspecified atom stereocenters. The molecule has 0 radical (unpaired) electrons. The molecule has 2 N–H and O–H groups in total. The van der Waals surface area contributed by atoms with Gasteiger partial charge in [0.1, 0.15) is 0 Å². The first-order valence-electron chi connectivity index (χ1n) is 22.9. The molecule has 0 spiro atoms. The van der Waals surface area contributed by atoms with Crippen LogP contribution in [0.2, 0.25) is 6.04 Å². The van der Waals surface area contributed by atoms with Gasteiger partial charge in [-0.1, -0.05) is 233 Å². The van der Waals surface area contributed by atoms with E-state index in [2.05, 4.69) is 20.8 Å². The Bertz CT molecular complexity index is 595. The van der Waals surface area contributed by atoms with Gasteiger partial charge in [0.15, 0.2) is 0 Å². The summed E-state index contributed by atoms with van der Waals surface area (Å²) in [7, 11) is -2.72. The van der Waals surface area contributed by atoms with Crippen LogP contribution in [0.4, 0.5) is 0 Å². The molecule has 0 aromatic rings. The molecule has 0 amide bonds. The molecule has 0 aliphatic rings. The first-order valence-corrected chi connectivity index (χ1v) is 24.8. The summed E-state index contributed by atoms with van der Waals surface area (Å²) in [6.45, 7) is 9.77. The summed E-state index contributed by atoms with van der Waals surface area (Å²) in [6.07, 6.45) is 49.0. The van der Waals surface area contributed by atoms with E-state index in [-0.39, 0.29) is 0 Å². The van der Waals surface area contributed by atoms with Crippen molar-refractivity contribution >= 4 is 8.80 Å². The Morgan fingerprint density at radius 3 is 0.653 bits per heavy atom. The quantitative estimate of drug-likeness (QED) is 0.0505. The van der Waals surface area contributed by atoms with Crippen LogP contribution in [0.1, 0.15) is 252 Å². The van der Waals surface area contributed by atoms with Gasteiger partial charge < -0.3 is 19.0 Å². The van der Waals surface area contributed by atoms with E-state index < -0.39 is 8.80 Å². The molecular weight excluding hydrogens is 619 g/mol. The molecule has 5 heteroatoms. The second-order valence-electron chi connectivity index (χ2n) is 15.4. The largest absolute Gasteiger partial charge is 0.502 e. The summed E-state index contributed by atoms with van der Waals surface area (Å²) in [5.74, 6) is 0. The van der Waals surface area contributed by atoms with Crippen molar-refractivity contribution in [3.63, 3.8) is 0 Å². The van der Waals surface area contributed by atoms with Crippen molar-refractivity contribution < 1.29 is 13.3 Å². The maximum Gasteiger partial charge on any atom is 0.502 e. The van der Waals surface area contributed by atoms with E-state index in [4.69, 9.17) is 19.0 Å². The van der Waals surface area contributed by atoms with Gasteiger partial charge in [-0.3, -0.25) is 0 Å². The van der Waals surface area contributed by atoms with E-state index in [1.807, 2.05) is 0 Å². The van der Waals surface area contributed by atoms with Gasteiger partial charge in [-0.15, -0.1) is 0 Å². The van der Waals surface area contributed by atoms with Crippen LogP contribution in [0.5, 0.6) is 0 Å². The summed E-state index contributed by atoms with van der Waals surface area (Å²) in [6, 6.07) is 0.752. The molecule has 0 heterocycles. The lowest BCUT2D eigenvalue weighted by molar-refractivity contribution is 0.0558. The Hall–Kier alpha value is 0.0569. The topological polar surface area (TPSA) is 53.7 Å². The van der Waals surface area contributed by atoms with Crippen LogP contribution in [0.15, 0.2) is 0 Å². The lowest BCUT2D eigenvalue weighted by atomic mass is 10.0. The van der Waals surface area contributed by atoms with Gasteiger partial charge in [0.05, 0.1) is 0 Å². The van der Waals surface area contributed by atoms with E-state index in [1.54, 1.807) is 0 Å². The first-order chi connectivity index (χ1) is 24.2. The fourth-order valence-electron chi connectivity index (χ4n) is 7.03. The van der Waals surface area contributed by atoms with Crippen molar-refractivity contribution in [1.82, 2.24) is 0 Å². The average Bonchev–Trinajstić information content (AvgIpc) is 3.11. The standard InChI is InChI=1S/C44H93NO3Si/c1-4-7-10-13-16-19-22-24-25-27-30-33-36-39-43-48-49(44-40-45,46-41-37-34-31-28-21-18-15-12-9-6-3)47-42-38-35-32-29-26-23-20-17-14-11-8-5-2/h4-45H2,1-3H3. The lowest BCUT2D eigenvalue weighted by Crippen LogP contribution is -2.48. The fourth-order valence-corrected chi connectivity index (χ4v) is 9.43. The van der Waals surface area contributed by atoms with E-state index in [9.17, 15) is 0 Å². The molecule has 0 fully saturated rings. The van der Waals surface area contributed by atoms with E-state index in [0.29, 0.717) is 6.54 Å². The Balaban J connectivity index is 4.30. The Morgan fingerprint density at radius 1 is 0.286 bits per heavy atom. The number of unbranched alkanes of at least 4 members (excludes halogenated alkanes) is 33. The summed E-state index contributed by atoms with van der Waals surface area (Å²) in [5.41, 5.74) is 6.14. The van der Waals surface area contributed by atoms with Gasteiger partial charge in [-0.2, -0.15) is 0 Å². The molecule has 0 saturated heterocycles. The predicted octanol–water partition coefficient (Wildman–Crippen LogP) is 15.0. The van der Waals surface area contributed by atoms with E-state index >= 15 is 0 Å². The minimum Gasteiger partial charge on any atom is -0.373 e. The monoisotopic (exact) mass is 712 g/mol. The molecule has 0 aliphatic heterocycles. The maximum absolute atomic E-state index is 6.59. The molecular formula is C44H93NO3Si. The highest BCUT2D eigenvalue weighted by atomic mass is 28.4. The van der Waals surface area contributed by atoms with Gasteiger partial charge in [0.25, 0.3) is 0 Å². The van der Waals surface area contributed by atoms with Crippen LogP contribution in [-0.2, 0) is 13.3 Å². The van der Waals surface area contributed by atoms with Crippen molar-refractivity contribution in [2.45, 2.75) is 258 Å². The molecule has 4 nitrogen and oxygen atoms in total. The number of hydrogen-bond acceptors (Lipinski definition) is 4. The smallest absolute Gasteiger partial charge is 0.373 e. The third kappa shape index (κ3) is 37.6. The summed E-state index contributed by atoms with van der Waals surface area (Å²) >= 11 is 0. The van der Waals surface area contributed by atoms with Gasteiger partial charge in [0.2, 0.25) is 0 Å². The fraction of sp³-hybridized carbons (Fsp3) is 1.00. The highest BCUT2D eigenvalue weighted by Crippen LogP contribution is 2.20. The van der Waals surface area contributed by atoms with Crippen molar-refractivity contribution in [2.24, 2.45) is 5.73 Å². The number of rotatable bonds is 44.